The number of allylic oxidation sites excluding steroid dienone is 2. The first kappa shape index (κ1) is 21.8. The molecule has 7 heteroatoms. The molecule has 4 atom stereocenters. The van der Waals surface area contributed by atoms with Crippen molar-refractivity contribution in [1.82, 2.24) is 4.72 Å². The predicted molar refractivity (Wildman–Crippen MR) is 111 cm³/mol. The third-order valence-electron chi connectivity index (χ3n) is 6.88. The fourth-order valence-corrected chi connectivity index (χ4v) is 6.31. The molecule has 1 aromatic carbocycles. The zero-order valence-corrected chi connectivity index (χ0v) is 17.9. The molecule has 3 aliphatic rings. The molecule has 3 saturated carbocycles. The Morgan fingerprint density at radius 1 is 1.21 bits per heavy atom. The molecule has 3 aliphatic carbocycles. The molecule has 6 nitrogen and oxygen atoms in total. The topological polar surface area (TPSA) is 104 Å². The highest BCUT2D eigenvalue weighted by Crippen LogP contribution is 2.61. The Balaban J connectivity index is 1.69. The zero-order chi connectivity index (χ0) is 21.2. The lowest BCUT2D eigenvalue weighted by Crippen LogP contribution is -2.63. The molecule has 4 unspecified atom stereocenters. The summed E-state index contributed by atoms with van der Waals surface area (Å²) in [6.07, 6.45) is 8.43. The van der Waals surface area contributed by atoms with Crippen molar-refractivity contribution in [2.45, 2.75) is 63.3 Å². The number of rotatable bonds is 9. The van der Waals surface area contributed by atoms with Crippen LogP contribution in [0.25, 0.3) is 0 Å². The summed E-state index contributed by atoms with van der Waals surface area (Å²) in [4.78, 5) is 10.8. The van der Waals surface area contributed by atoms with Gasteiger partial charge in [0.1, 0.15) is 5.75 Å². The minimum absolute atomic E-state index is 0.0375. The summed E-state index contributed by atoms with van der Waals surface area (Å²) < 4.78 is 28.9. The second-order valence-electron chi connectivity index (χ2n) is 8.99. The van der Waals surface area contributed by atoms with Crippen LogP contribution in [0.2, 0.25) is 0 Å². The molecule has 0 aromatic heterocycles. The molecule has 0 aliphatic heterocycles. The Morgan fingerprint density at radius 3 is 2.52 bits per heavy atom. The Morgan fingerprint density at radius 2 is 1.90 bits per heavy atom. The first-order chi connectivity index (χ1) is 13.6. The van der Waals surface area contributed by atoms with Crippen LogP contribution in [-0.2, 0) is 14.8 Å². The van der Waals surface area contributed by atoms with Crippen molar-refractivity contribution < 1.29 is 23.4 Å². The number of hydrogen-bond donors (Lipinski definition) is 3. The molecule has 0 amide bonds. The molecule has 3 N–H and O–H groups in total. The Kier molecular flexibility index (Phi) is 6.39. The zero-order valence-electron chi connectivity index (χ0n) is 17.0. The number of nitrogens with one attached hydrogen (secondary N) is 1. The second-order valence-corrected chi connectivity index (χ2v) is 10.7. The lowest BCUT2D eigenvalue weighted by molar-refractivity contribution is -0.137. The van der Waals surface area contributed by atoms with Gasteiger partial charge in [-0.25, -0.2) is 13.1 Å². The van der Waals surface area contributed by atoms with Gasteiger partial charge in [-0.05, 0) is 79.5 Å². The number of aromatic hydroxyl groups is 1. The van der Waals surface area contributed by atoms with Crippen molar-refractivity contribution in [2.75, 3.05) is 0 Å². The van der Waals surface area contributed by atoms with E-state index in [1.54, 1.807) is 0 Å². The summed E-state index contributed by atoms with van der Waals surface area (Å²) >= 11 is 0. The number of unbranched alkanes of at least 4 members (excludes halogenated alkanes) is 1. The van der Waals surface area contributed by atoms with E-state index in [1.165, 1.54) is 24.3 Å². The van der Waals surface area contributed by atoms with Gasteiger partial charge in [-0.2, -0.15) is 0 Å². The van der Waals surface area contributed by atoms with Gasteiger partial charge in [0.2, 0.25) is 10.0 Å². The van der Waals surface area contributed by atoms with Crippen molar-refractivity contribution >= 4 is 16.0 Å². The van der Waals surface area contributed by atoms with Gasteiger partial charge in [0.25, 0.3) is 0 Å². The summed E-state index contributed by atoms with van der Waals surface area (Å²) in [5, 5.41) is 18.1. The van der Waals surface area contributed by atoms with Gasteiger partial charge >= 0.3 is 5.97 Å². The summed E-state index contributed by atoms with van der Waals surface area (Å²) in [6.45, 7) is 4.46. The SMILES string of the molecule is CC1(C)C2CC(C/C=C\CCCC(=O)O)C(NS(=O)(=O)c3ccc(O)cc3)C1C2. The van der Waals surface area contributed by atoms with Crippen LogP contribution in [0.1, 0.15) is 52.4 Å². The third kappa shape index (κ3) is 4.83. The van der Waals surface area contributed by atoms with Gasteiger partial charge < -0.3 is 10.2 Å². The third-order valence-corrected chi connectivity index (χ3v) is 8.36. The summed E-state index contributed by atoms with van der Waals surface area (Å²) in [6, 6.07) is 5.49. The highest BCUT2D eigenvalue weighted by atomic mass is 32.2. The molecule has 2 bridgehead atoms. The molecule has 29 heavy (non-hydrogen) atoms. The molecular weight excluding hydrogens is 390 g/mol. The van der Waals surface area contributed by atoms with E-state index >= 15 is 0 Å². The van der Waals surface area contributed by atoms with Gasteiger partial charge in [-0.1, -0.05) is 26.0 Å². The number of aliphatic carboxylic acids is 1. The second kappa shape index (κ2) is 8.48. The maximum atomic E-state index is 12.9. The summed E-state index contributed by atoms with van der Waals surface area (Å²) in [7, 11) is -3.67. The number of carbonyl (C=O) groups is 1. The fourth-order valence-electron chi connectivity index (χ4n) is 4.96. The first-order valence-corrected chi connectivity index (χ1v) is 11.8. The van der Waals surface area contributed by atoms with Crippen molar-refractivity contribution in [3.05, 3.63) is 36.4 Å². The minimum atomic E-state index is -3.67. The standard InChI is InChI=1S/C22H31NO5S/c1-22(2)16-13-15(7-5-3-4-6-8-20(25)26)21(19(22)14-16)23-29(27,28)18-11-9-17(24)10-12-18/h3,5,9-12,15-16,19,21,23-24H,4,6-8,13-14H2,1-2H3,(H,25,26)/b5-3-. The lowest BCUT2D eigenvalue weighted by Gasteiger charge is -2.62. The number of hydrogen-bond acceptors (Lipinski definition) is 4. The van der Waals surface area contributed by atoms with Crippen LogP contribution in [0, 0.1) is 23.2 Å². The van der Waals surface area contributed by atoms with E-state index in [2.05, 4.69) is 24.6 Å². The van der Waals surface area contributed by atoms with Crippen molar-refractivity contribution in [1.29, 1.82) is 0 Å². The van der Waals surface area contributed by atoms with Crippen molar-refractivity contribution in [3.63, 3.8) is 0 Å². The van der Waals surface area contributed by atoms with Crippen LogP contribution < -0.4 is 4.72 Å². The van der Waals surface area contributed by atoms with E-state index < -0.39 is 16.0 Å². The number of phenols is 1. The molecule has 160 valence electrons. The van der Waals surface area contributed by atoms with Gasteiger partial charge in [0, 0.05) is 12.5 Å². The highest BCUT2D eigenvalue weighted by Gasteiger charge is 2.58. The van der Waals surface area contributed by atoms with Gasteiger partial charge in [0.05, 0.1) is 4.90 Å². The maximum Gasteiger partial charge on any atom is 0.303 e. The number of carboxylic acids is 1. The van der Waals surface area contributed by atoms with E-state index in [1.807, 2.05) is 6.08 Å². The van der Waals surface area contributed by atoms with Crippen LogP contribution in [0.4, 0.5) is 0 Å². The first-order valence-electron chi connectivity index (χ1n) is 10.3. The van der Waals surface area contributed by atoms with Crippen molar-refractivity contribution in [3.8, 4) is 5.75 Å². The normalized spacial score (nSPS) is 28.2. The molecule has 1 aromatic rings. The van der Waals surface area contributed by atoms with Crippen molar-refractivity contribution in [2.24, 2.45) is 23.2 Å². The number of phenolic OH excluding ortho intramolecular Hbond substituents is 1. The Hall–Kier alpha value is -1.86. The van der Waals surface area contributed by atoms with E-state index in [9.17, 15) is 18.3 Å². The van der Waals surface area contributed by atoms with Crippen LogP contribution in [0.15, 0.2) is 41.3 Å². The predicted octanol–water partition coefficient (Wildman–Crippen LogP) is 3.92. The minimum Gasteiger partial charge on any atom is -0.508 e. The van der Waals surface area contributed by atoms with Gasteiger partial charge in [-0.15, -0.1) is 0 Å². The summed E-state index contributed by atoms with van der Waals surface area (Å²) in [5.41, 5.74) is 0.129. The van der Waals surface area contributed by atoms with Crippen LogP contribution in [0.3, 0.4) is 0 Å². The van der Waals surface area contributed by atoms with Crippen LogP contribution in [0.5, 0.6) is 5.75 Å². The largest absolute Gasteiger partial charge is 0.508 e. The molecule has 3 fully saturated rings. The quantitative estimate of drug-likeness (QED) is 0.414. The monoisotopic (exact) mass is 421 g/mol. The molecule has 0 radical (unpaired) electrons. The average Bonchev–Trinajstić information content (AvgIpc) is 2.65. The lowest BCUT2D eigenvalue weighted by atomic mass is 9.45. The number of carboxylic acid groups (broad SMARTS) is 1. The van der Waals surface area contributed by atoms with Gasteiger partial charge in [0.15, 0.2) is 0 Å². The smallest absolute Gasteiger partial charge is 0.303 e. The number of benzene rings is 1. The molecule has 4 rings (SSSR count). The number of sulfonamides is 1. The van der Waals surface area contributed by atoms with Gasteiger partial charge in [-0.3, -0.25) is 4.79 Å². The fraction of sp³-hybridized carbons (Fsp3) is 0.591. The van der Waals surface area contributed by atoms with E-state index in [4.69, 9.17) is 5.11 Å². The summed E-state index contributed by atoms with van der Waals surface area (Å²) in [5.74, 6) is 0.410. The Labute approximate surface area is 173 Å². The Bertz CT molecular complexity index is 860. The molecule has 0 spiro atoms. The van der Waals surface area contributed by atoms with E-state index in [0.717, 1.165) is 25.7 Å². The molecule has 0 heterocycles. The highest BCUT2D eigenvalue weighted by molar-refractivity contribution is 7.89. The van der Waals surface area contributed by atoms with E-state index in [0.29, 0.717) is 18.3 Å². The maximum absolute atomic E-state index is 12.9. The molecule has 0 saturated heterocycles. The average molecular weight is 422 g/mol. The molecular formula is C22H31NO5S. The number of fused-ring (bicyclic) bond motifs is 2. The van der Waals surface area contributed by atoms with Crippen LogP contribution in [-0.4, -0.2) is 30.6 Å². The van der Waals surface area contributed by atoms with Crippen LogP contribution >= 0.6 is 0 Å². The van der Waals surface area contributed by atoms with E-state index in [-0.39, 0.29) is 34.4 Å².